The van der Waals surface area contributed by atoms with Gasteiger partial charge in [0.2, 0.25) is 5.91 Å². The van der Waals surface area contributed by atoms with Gasteiger partial charge in [0, 0.05) is 6.42 Å². The van der Waals surface area contributed by atoms with Crippen molar-refractivity contribution in [3.63, 3.8) is 0 Å². The van der Waals surface area contributed by atoms with Gasteiger partial charge in [-0.2, -0.15) is 5.10 Å². The van der Waals surface area contributed by atoms with Crippen molar-refractivity contribution in [1.29, 1.82) is 0 Å². The van der Waals surface area contributed by atoms with E-state index in [2.05, 4.69) is 17.5 Å². The molecule has 0 aliphatic rings. The molecule has 0 fully saturated rings. The number of hydrogen-bond acceptors (Lipinski definition) is 5. The quantitative estimate of drug-likeness (QED) is 0.125. The van der Waals surface area contributed by atoms with Gasteiger partial charge in [0.05, 0.1) is 28.9 Å². The van der Waals surface area contributed by atoms with Gasteiger partial charge >= 0.3 is 5.97 Å². The highest BCUT2D eigenvalue weighted by molar-refractivity contribution is 6.42. The summed E-state index contributed by atoms with van der Waals surface area (Å²) >= 11 is 11.8. The SMILES string of the molecule is CCCCCCCCC(=O)N/N=C/c1ccc(OC(=O)c2ccc(Cl)c(Cl)c2)c(OC)c1. The van der Waals surface area contributed by atoms with Crippen molar-refractivity contribution in [3.05, 3.63) is 57.6 Å². The van der Waals surface area contributed by atoms with E-state index in [1.54, 1.807) is 18.2 Å². The Balaban J connectivity index is 1.88. The predicted octanol–water partition coefficient (Wildman–Crippen LogP) is 6.42. The lowest BCUT2D eigenvalue weighted by Gasteiger charge is -2.10. The van der Waals surface area contributed by atoms with E-state index in [1.807, 2.05) is 0 Å². The third-order valence-electron chi connectivity index (χ3n) is 4.71. The summed E-state index contributed by atoms with van der Waals surface area (Å²) in [6, 6.07) is 9.43. The molecule has 0 unspecified atom stereocenters. The number of methoxy groups -OCH3 is 1. The molecule has 0 aromatic heterocycles. The fourth-order valence-electron chi connectivity index (χ4n) is 2.93. The Morgan fingerprint density at radius 2 is 1.72 bits per heavy atom. The number of unbranched alkanes of at least 4 members (excludes halogenated alkanes) is 5. The largest absolute Gasteiger partial charge is 0.493 e. The van der Waals surface area contributed by atoms with Crippen LogP contribution in [0.4, 0.5) is 0 Å². The van der Waals surface area contributed by atoms with E-state index < -0.39 is 5.97 Å². The molecule has 32 heavy (non-hydrogen) atoms. The summed E-state index contributed by atoms with van der Waals surface area (Å²) in [6.45, 7) is 2.18. The third kappa shape index (κ3) is 8.52. The Morgan fingerprint density at radius 3 is 2.44 bits per heavy atom. The van der Waals surface area contributed by atoms with Crippen molar-refractivity contribution in [3.8, 4) is 11.5 Å². The van der Waals surface area contributed by atoms with E-state index in [4.69, 9.17) is 32.7 Å². The molecular weight excluding hydrogens is 451 g/mol. The first-order chi connectivity index (χ1) is 15.4. The van der Waals surface area contributed by atoms with Gasteiger partial charge in [0.25, 0.3) is 0 Å². The minimum Gasteiger partial charge on any atom is -0.493 e. The highest BCUT2D eigenvalue weighted by Gasteiger charge is 2.14. The molecule has 8 heteroatoms. The number of nitrogens with zero attached hydrogens (tertiary/aromatic N) is 1. The number of amides is 1. The van der Waals surface area contributed by atoms with Gasteiger partial charge in [-0.1, -0.05) is 62.2 Å². The summed E-state index contributed by atoms with van der Waals surface area (Å²) < 4.78 is 10.7. The molecular formula is C24H28Cl2N2O4. The van der Waals surface area contributed by atoms with Crippen LogP contribution in [0.15, 0.2) is 41.5 Å². The molecule has 0 radical (unpaired) electrons. The van der Waals surface area contributed by atoms with Gasteiger partial charge in [0.15, 0.2) is 11.5 Å². The number of nitrogens with one attached hydrogen (secondary N) is 1. The minimum atomic E-state index is -0.592. The van der Waals surface area contributed by atoms with Crippen molar-refractivity contribution in [2.75, 3.05) is 7.11 Å². The van der Waals surface area contributed by atoms with E-state index >= 15 is 0 Å². The van der Waals surface area contributed by atoms with Crippen molar-refractivity contribution < 1.29 is 19.1 Å². The number of halogens is 2. The number of benzene rings is 2. The first kappa shape index (κ1) is 25.7. The second-order valence-electron chi connectivity index (χ2n) is 7.24. The number of rotatable bonds is 12. The number of esters is 1. The third-order valence-corrected chi connectivity index (χ3v) is 5.44. The molecule has 6 nitrogen and oxygen atoms in total. The first-order valence-corrected chi connectivity index (χ1v) is 11.4. The van der Waals surface area contributed by atoms with Crippen LogP contribution in [0.5, 0.6) is 11.5 Å². The van der Waals surface area contributed by atoms with Gasteiger partial charge < -0.3 is 9.47 Å². The summed E-state index contributed by atoms with van der Waals surface area (Å²) in [4.78, 5) is 24.3. The van der Waals surface area contributed by atoms with Crippen molar-refractivity contribution in [2.24, 2.45) is 5.10 Å². The molecule has 0 bridgehead atoms. The highest BCUT2D eigenvalue weighted by Crippen LogP contribution is 2.29. The van der Waals surface area contributed by atoms with Crippen LogP contribution >= 0.6 is 23.2 Å². The molecule has 0 saturated carbocycles. The molecule has 1 amide bonds. The van der Waals surface area contributed by atoms with Gasteiger partial charge in [-0.25, -0.2) is 10.2 Å². The number of carbonyl (C=O) groups is 2. The normalized spacial score (nSPS) is 10.9. The molecule has 0 atom stereocenters. The molecule has 0 spiro atoms. The number of hydrazone groups is 1. The van der Waals surface area contributed by atoms with Crippen LogP contribution in [-0.2, 0) is 4.79 Å². The molecule has 2 rings (SSSR count). The average Bonchev–Trinajstić information content (AvgIpc) is 2.78. The second-order valence-corrected chi connectivity index (χ2v) is 8.05. The first-order valence-electron chi connectivity index (χ1n) is 10.6. The van der Waals surface area contributed by atoms with Crippen LogP contribution in [0.25, 0.3) is 0 Å². The van der Waals surface area contributed by atoms with Gasteiger partial charge in [-0.15, -0.1) is 0 Å². The fourth-order valence-corrected chi connectivity index (χ4v) is 3.23. The lowest BCUT2D eigenvalue weighted by Crippen LogP contribution is -2.16. The molecule has 0 saturated heterocycles. The molecule has 0 aliphatic heterocycles. The summed E-state index contributed by atoms with van der Waals surface area (Å²) in [6.07, 6.45) is 8.70. The summed E-state index contributed by atoms with van der Waals surface area (Å²) in [5.74, 6) is -0.116. The van der Waals surface area contributed by atoms with Crippen LogP contribution < -0.4 is 14.9 Å². The van der Waals surface area contributed by atoms with E-state index in [0.29, 0.717) is 22.8 Å². The Morgan fingerprint density at radius 1 is 0.969 bits per heavy atom. The molecule has 0 aliphatic carbocycles. The Labute approximate surface area is 198 Å². The van der Waals surface area contributed by atoms with Crippen LogP contribution in [0.1, 0.15) is 67.8 Å². The van der Waals surface area contributed by atoms with Crippen molar-refractivity contribution in [2.45, 2.75) is 51.9 Å². The van der Waals surface area contributed by atoms with E-state index in [0.717, 1.165) is 19.3 Å². The number of carbonyl (C=O) groups excluding carboxylic acids is 2. The molecule has 2 aromatic rings. The average molecular weight is 479 g/mol. The van der Waals surface area contributed by atoms with Gasteiger partial charge in [0.1, 0.15) is 0 Å². The fraction of sp³-hybridized carbons (Fsp3) is 0.375. The maximum atomic E-state index is 12.4. The zero-order valence-corrected chi connectivity index (χ0v) is 19.8. The van der Waals surface area contributed by atoms with Crippen LogP contribution in [-0.4, -0.2) is 25.2 Å². The van der Waals surface area contributed by atoms with E-state index in [9.17, 15) is 9.59 Å². The monoisotopic (exact) mass is 478 g/mol. The maximum Gasteiger partial charge on any atom is 0.343 e. The molecule has 2 aromatic carbocycles. The minimum absolute atomic E-state index is 0.115. The van der Waals surface area contributed by atoms with Crippen LogP contribution in [0.2, 0.25) is 10.0 Å². The Hall–Kier alpha value is -2.57. The van der Waals surface area contributed by atoms with Gasteiger partial charge in [-0.05, 0) is 48.4 Å². The van der Waals surface area contributed by atoms with Crippen molar-refractivity contribution >= 4 is 41.3 Å². The summed E-state index contributed by atoms with van der Waals surface area (Å²) in [5.41, 5.74) is 3.47. The smallest absolute Gasteiger partial charge is 0.343 e. The predicted molar refractivity (Wildman–Crippen MR) is 128 cm³/mol. The standard InChI is InChI=1S/C24H28Cl2N2O4/c1-3-4-5-6-7-8-9-23(29)28-27-16-17-10-13-21(22(14-17)31-2)32-24(30)18-11-12-19(25)20(26)15-18/h10-16H,3-9H2,1-2H3,(H,28,29)/b27-16+. The van der Waals surface area contributed by atoms with Crippen LogP contribution in [0.3, 0.4) is 0 Å². The van der Waals surface area contributed by atoms with Crippen LogP contribution in [0, 0.1) is 0 Å². The topological polar surface area (TPSA) is 77.0 Å². The molecule has 172 valence electrons. The summed E-state index contributed by atoms with van der Waals surface area (Å²) in [7, 11) is 1.47. The summed E-state index contributed by atoms with van der Waals surface area (Å²) in [5, 5.41) is 4.60. The Bertz CT molecular complexity index is 948. The zero-order chi connectivity index (χ0) is 23.3. The number of hydrogen-bond donors (Lipinski definition) is 1. The lowest BCUT2D eigenvalue weighted by atomic mass is 10.1. The second kappa shape index (κ2) is 13.8. The van der Waals surface area contributed by atoms with Crippen molar-refractivity contribution in [1.82, 2.24) is 5.43 Å². The Kier molecular flexibility index (Phi) is 11.0. The lowest BCUT2D eigenvalue weighted by molar-refractivity contribution is -0.121. The zero-order valence-electron chi connectivity index (χ0n) is 18.3. The van der Waals surface area contributed by atoms with E-state index in [1.165, 1.54) is 50.8 Å². The van der Waals surface area contributed by atoms with Gasteiger partial charge in [-0.3, -0.25) is 4.79 Å². The maximum absolute atomic E-state index is 12.4. The molecule has 1 N–H and O–H groups in total. The van der Waals surface area contributed by atoms with E-state index in [-0.39, 0.29) is 22.2 Å². The molecule has 0 heterocycles. The highest BCUT2D eigenvalue weighted by atomic mass is 35.5. The number of ether oxygens (including phenoxy) is 2.